The summed E-state index contributed by atoms with van der Waals surface area (Å²) in [6.45, 7) is 8.97. The fraction of sp³-hybridized carbons (Fsp3) is 0.900. The first-order valence-electron chi connectivity index (χ1n) is 4.48. The normalized spacial score (nSPS) is 14.5. The predicted molar refractivity (Wildman–Crippen MR) is 48.5 cm³/mol. The topological polar surface area (TPSA) is 17.1 Å². The molecule has 11 heavy (non-hydrogen) atoms. The molecule has 0 aliphatic heterocycles. The standard InChI is InChI=1S/C10H20O/c1-5-10(3,4)9(2)7-6-8-11/h8-9H,5-7H2,1-4H3. The molecule has 0 rings (SSSR count). The molecule has 0 saturated carbocycles. The number of aldehydes is 1. The Hall–Kier alpha value is -0.330. The number of hydrogen-bond acceptors (Lipinski definition) is 1. The van der Waals surface area contributed by atoms with Crippen molar-refractivity contribution in [3.8, 4) is 0 Å². The average Bonchev–Trinajstić information content (AvgIpc) is 2.00. The molecule has 66 valence electrons. The van der Waals surface area contributed by atoms with Crippen LogP contribution in [0.15, 0.2) is 0 Å². The quantitative estimate of drug-likeness (QED) is 0.559. The third-order valence-corrected chi connectivity index (χ3v) is 2.96. The molecule has 1 atom stereocenters. The fourth-order valence-corrected chi connectivity index (χ4v) is 1.06. The maximum Gasteiger partial charge on any atom is 0.120 e. The van der Waals surface area contributed by atoms with Crippen LogP contribution in [0.1, 0.15) is 47.0 Å². The molecule has 1 unspecified atom stereocenters. The van der Waals surface area contributed by atoms with E-state index in [0.717, 1.165) is 12.7 Å². The monoisotopic (exact) mass is 156 g/mol. The second-order valence-electron chi connectivity index (χ2n) is 3.99. The second kappa shape index (κ2) is 4.53. The Labute approximate surface area is 70.2 Å². The summed E-state index contributed by atoms with van der Waals surface area (Å²) >= 11 is 0. The van der Waals surface area contributed by atoms with Crippen LogP contribution in [-0.2, 0) is 4.79 Å². The van der Waals surface area contributed by atoms with Crippen LogP contribution < -0.4 is 0 Å². The number of hydrogen-bond donors (Lipinski definition) is 0. The minimum Gasteiger partial charge on any atom is -0.303 e. The minimum atomic E-state index is 0.392. The second-order valence-corrected chi connectivity index (χ2v) is 3.99. The van der Waals surface area contributed by atoms with Crippen LogP contribution in [0.2, 0.25) is 0 Å². The summed E-state index contributed by atoms with van der Waals surface area (Å²) in [4.78, 5) is 10.1. The van der Waals surface area contributed by atoms with Crippen LogP contribution in [0, 0.1) is 11.3 Å². The van der Waals surface area contributed by atoms with Gasteiger partial charge in [-0.25, -0.2) is 0 Å². The number of carbonyl (C=O) groups is 1. The molecular weight excluding hydrogens is 136 g/mol. The van der Waals surface area contributed by atoms with Crippen molar-refractivity contribution in [1.29, 1.82) is 0 Å². The molecule has 1 heteroatoms. The summed E-state index contributed by atoms with van der Waals surface area (Å²) in [6.07, 6.45) is 3.95. The molecule has 0 aliphatic rings. The first-order valence-corrected chi connectivity index (χ1v) is 4.48. The van der Waals surface area contributed by atoms with Crippen molar-refractivity contribution < 1.29 is 4.79 Å². The molecule has 0 amide bonds. The van der Waals surface area contributed by atoms with Crippen molar-refractivity contribution in [2.24, 2.45) is 11.3 Å². The summed E-state index contributed by atoms with van der Waals surface area (Å²) in [5.74, 6) is 0.651. The number of carbonyl (C=O) groups excluding carboxylic acids is 1. The van der Waals surface area contributed by atoms with Crippen LogP contribution in [0.4, 0.5) is 0 Å². The van der Waals surface area contributed by atoms with Gasteiger partial charge in [-0.15, -0.1) is 0 Å². The smallest absolute Gasteiger partial charge is 0.120 e. The molecule has 0 aromatic rings. The molecule has 0 radical (unpaired) electrons. The highest BCUT2D eigenvalue weighted by Gasteiger charge is 2.22. The van der Waals surface area contributed by atoms with E-state index >= 15 is 0 Å². The van der Waals surface area contributed by atoms with Crippen LogP contribution >= 0.6 is 0 Å². The maximum atomic E-state index is 10.1. The Morgan fingerprint density at radius 2 is 2.00 bits per heavy atom. The molecule has 0 N–H and O–H groups in total. The molecule has 1 nitrogen and oxygen atoms in total. The average molecular weight is 156 g/mol. The van der Waals surface area contributed by atoms with Gasteiger partial charge in [0.2, 0.25) is 0 Å². The van der Waals surface area contributed by atoms with Gasteiger partial charge < -0.3 is 4.79 Å². The lowest BCUT2D eigenvalue weighted by atomic mass is 9.76. The van der Waals surface area contributed by atoms with Crippen molar-refractivity contribution in [3.05, 3.63) is 0 Å². The molecule has 0 saturated heterocycles. The Bertz CT molecular complexity index is 116. The van der Waals surface area contributed by atoms with Crippen LogP contribution in [0.3, 0.4) is 0 Å². The highest BCUT2D eigenvalue weighted by Crippen LogP contribution is 2.32. The van der Waals surface area contributed by atoms with Crippen molar-refractivity contribution >= 4 is 6.29 Å². The van der Waals surface area contributed by atoms with Crippen LogP contribution in [0.5, 0.6) is 0 Å². The van der Waals surface area contributed by atoms with E-state index in [1.165, 1.54) is 6.42 Å². The van der Waals surface area contributed by atoms with Gasteiger partial charge in [-0.2, -0.15) is 0 Å². The fourth-order valence-electron chi connectivity index (χ4n) is 1.06. The molecule has 0 fully saturated rings. The SMILES string of the molecule is CCC(C)(C)C(C)CCC=O. The molecule has 0 heterocycles. The van der Waals surface area contributed by atoms with Gasteiger partial charge >= 0.3 is 0 Å². The van der Waals surface area contributed by atoms with Crippen molar-refractivity contribution in [3.63, 3.8) is 0 Å². The zero-order valence-electron chi connectivity index (χ0n) is 8.18. The Morgan fingerprint density at radius 3 is 2.36 bits per heavy atom. The Kier molecular flexibility index (Phi) is 4.39. The van der Waals surface area contributed by atoms with Gasteiger partial charge in [0.15, 0.2) is 0 Å². The van der Waals surface area contributed by atoms with Gasteiger partial charge in [0.05, 0.1) is 0 Å². The van der Waals surface area contributed by atoms with Crippen molar-refractivity contribution in [1.82, 2.24) is 0 Å². The first-order chi connectivity index (χ1) is 5.04. The maximum absolute atomic E-state index is 10.1. The molecular formula is C10H20O. The predicted octanol–water partition coefficient (Wildman–Crippen LogP) is 3.04. The van der Waals surface area contributed by atoms with Crippen LogP contribution in [-0.4, -0.2) is 6.29 Å². The van der Waals surface area contributed by atoms with E-state index in [0.29, 0.717) is 17.8 Å². The van der Waals surface area contributed by atoms with E-state index in [1.807, 2.05) is 0 Å². The first kappa shape index (κ1) is 10.7. The van der Waals surface area contributed by atoms with Gasteiger partial charge in [-0.3, -0.25) is 0 Å². The minimum absolute atomic E-state index is 0.392. The summed E-state index contributed by atoms with van der Waals surface area (Å²) in [5.41, 5.74) is 0.392. The third-order valence-electron chi connectivity index (χ3n) is 2.96. The lowest BCUT2D eigenvalue weighted by Gasteiger charge is -2.30. The number of rotatable bonds is 5. The molecule has 0 bridgehead atoms. The zero-order valence-corrected chi connectivity index (χ0v) is 8.18. The Morgan fingerprint density at radius 1 is 1.45 bits per heavy atom. The van der Waals surface area contributed by atoms with Gasteiger partial charge in [0.25, 0.3) is 0 Å². The summed E-state index contributed by atoms with van der Waals surface area (Å²) < 4.78 is 0. The molecule has 0 aromatic heterocycles. The van der Waals surface area contributed by atoms with Gasteiger partial charge in [0.1, 0.15) is 6.29 Å². The third kappa shape index (κ3) is 3.54. The van der Waals surface area contributed by atoms with E-state index in [1.54, 1.807) is 0 Å². The van der Waals surface area contributed by atoms with E-state index < -0.39 is 0 Å². The summed E-state index contributed by atoms with van der Waals surface area (Å²) in [6, 6.07) is 0. The lowest BCUT2D eigenvalue weighted by Crippen LogP contribution is -2.20. The van der Waals surface area contributed by atoms with Crippen molar-refractivity contribution in [2.75, 3.05) is 0 Å². The highest BCUT2D eigenvalue weighted by molar-refractivity contribution is 5.49. The van der Waals surface area contributed by atoms with E-state index in [9.17, 15) is 4.79 Å². The largest absolute Gasteiger partial charge is 0.303 e. The molecule has 0 spiro atoms. The molecule has 0 aliphatic carbocycles. The van der Waals surface area contributed by atoms with E-state index in [2.05, 4.69) is 27.7 Å². The van der Waals surface area contributed by atoms with Crippen molar-refractivity contribution in [2.45, 2.75) is 47.0 Å². The summed E-state index contributed by atoms with van der Waals surface area (Å²) in [5, 5.41) is 0. The molecule has 0 aromatic carbocycles. The van der Waals surface area contributed by atoms with E-state index in [4.69, 9.17) is 0 Å². The summed E-state index contributed by atoms with van der Waals surface area (Å²) in [7, 11) is 0. The van der Waals surface area contributed by atoms with E-state index in [-0.39, 0.29) is 0 Å². The van der Waals surface area contributed by atoms with Gasteiger partial charge in [-0.05, 0) is 17.8 Å². The zero-order chi connectivity index (χ0) is 8.91. The van der Waals surface area contributed by atoms with Gasteiger partial charge in [0, 0.05) is 6.42 Å². The van der Waals surface area contributed by atoms with Crippen LogP contribution in [0.25, 0.3) is 0 Å². The Balaban J connectivity index is 3.80. The van der Waals surface area contributed by atoms with Gasteiger partial charge in [-0.1, -0.05) is 34.1 Å². The highest BCUT2D eigenvalue weighted by atomic mass is 16.1. The lowest BCUT2D eigenvalue weighted by molar-refractivity contribution is -0.108.